The van der Waals surface area contributed by atoms with E-state index >= 15 is 0 Å². The van der Waals surface area contributed by atoms with Gasteiger partial charge in [-0.2, -0.15) is 0 Å². The van der Waals surface area contributed by atoms with E-state index in [1.165, 1.54) is 37.5 Å². The van der Waals surface area contributed by atoms with Crippen LogP contribution in [0.3, 0.4) is 0 Å². The topological polar surface area (TPSA) is 70.5 Å². The molecule has 0 radical (unpaired) electrons. The maximum Gasteiger partial charge on any atom is 0.356 e. The highest BCUT2D eigenvalue weighted by molar-refractivity contribution is 7.17. The molecule has 1 saturated heterocycles. The summed E-state index contributed by atoms with van der Waals surface area (Å²) in [5, 5.41) is 9.80. The van der Waals surface area contributed by atoms with E-state index in [0.717, 1.165) is 24.9 Å². The lowest BCUT2D eigenvalue weighted by Crippen LogP contribution is -2.20. The van der Waals surface area contributed by atoms with Crippen LogP contribution in [0.4, 0.5) is 5.13 Å². The molecule has 0 bridgehead atoms. The number of carboxylic acids is 1. The number of carbonyl (C=O) groups excluding carboxylic acids is 1. The maximum atomic E-state index is 11.5. The van der Waals surface area contributed by atoms with Crippen LogP contribution in [-0.2, 0) is 0 Å². The molecule has 6 heteroatoms. The Morgan fingerprint density at radius 3 is 2.42 bits per heavy atom. The van der Waals surface area contributed by atoms with Gasteiger partial charge in [0.2, 0.25) is 0 Å². The van der Waals surface area contributed by atoms with E-state index in [-0.39, 0.29) is 16.4 Å². The van der Waals surface area contributed by atoms with Gasteiger partial charge in [-0.3, -0.25) is 4.79 Å². The molecule has 1 saturated carbocycles. The molecule has 102 valence electrons. The maximum absolute atomic E-state index is 11.5. The van der Waals surface area contributed by atoms with Gasteiger partial charge in [0, 0.05) is 20.0 Å². The van der Waals surface area contributed by atoms with Crippen LogP contribution in [0, 0.1) is 11.8 Å². The summed E-state index contributed by atoms with van der Waals surface area (Å²) in [6, 6.07) is 0. The molecule has 1 aromatic heterocycles. The number of thiazole rings is 1. The number of Topliss-reactive ketones (excluding diaryl/α,β-unsaturated/α-hetero) is 1. The molecule has 3 rings (SSSR count). The number of hydrogen-bond acceptors (Lipinski definition) is 5. The Morgan fingerprint density at radius 1 is 1.32 bits per heavy atom. The predicted octanol–water partition coefficient (Wildman–Crippen LogP) is 2.28. The Hall–Kier alpha value is -1.43. The molecule has 1 aliphatic heterocycles. The third-order valence-corrected chi connectivity index (χ3v) is 5.35. The van der Waals surface area contributed by atoms with Gasteiger partial charge in [0.25, 0.3) is 0 Å². The van der Waals surface area contributed by atoms with Crippen LogP contribution in [0.2, 0.25) is 0 Å². The van der Waals surface area contributed by atoms with Crippen LogP contribution < -0.4 is 4.90 Å². The summed E-state index contributed by atoms with van der Waals surface area (Å²) in [4.78, 5) is 29.2. The predicted molar refractivity (Wildman–Crippen MR) is 72.1 cm³/mol. The number of ketones is 1. The number of hydrogen-bond donors (Lipinski definition) is 1. The number of anilines is 1. The van der Waals surface area contributed by atoms with Crippen molar-refractivity contribution in [1.82, 2.24) is 4.98 Å². The van der Waals surface area contributed by atoms with Gasteiger partial charge in [-0.15, -0.1) is 0 Å². The molecule has 2 heterocycles. The van der Waals surface area contributed by atoms with Crippen LogP contribution in [0.1, 0.15) is 46.3 Å². The lowest BCUT2D eigenvalue weighted by atomic mass is 10.0. The second-order valence-electron chi connectivity index (χ2n) is 5.39. The zero-order valence-corrected chi connectivity index (χ0v) is 11.6. The highest BCUT2D eigenvalue weighted by Crippen LogP contribution is 2.40. The first-order chi connectivity index (χ1) is 9.06. The summed E-state index contributed by atoms with van der Waals surface area (Å²) in [6.45, 7) is 3.30. The summed E-state index contributed by atoms with van der Waals surface area (Å²) >= 11 is 1.22. The van der Waals surface area contributed by atoms with Crippen molar-refractivity contribution >= 4 is 28.2 Å². The molecule has 0 aromatic carbocycles. The van der Waals surface area contributed by atoms with Crippen molar-refractivity contribution in [2.45, 2.75) is 26.2 Å². The first kappa shape index (κ1) is 12.6. The SMILES string of the molecule is CC(=O)c1sc(N2CC3CCCC3C2)nc1C(=O)O. The highest BCUT2D eigenvalue weighted by atomic mass is 32.1. The van der Waals surface area contributed by atoms with Crippen molar-refractivity contribution < 1.29 is 14.7 Å². The monoisotopic (exact) mass is 280 g/mol. The lowest BCUT2D eigenvalue weighted by Gasteiger charge is -2.15. The number of aromatic nitrogens is 1. The number of aromatic carboxylic acids is 1. The van der Waals surface area contributed by atoms with Gasteiger partial charge in [-0.05, 0) is 24.7 Å². The highest BCUT2D eigenvalue weighted by Gasteiger charge is 2.37. The van der Waals surface area contributed by atoms with Crippen molar-refractivity contribution in [3.8, 4) is 0 Å². The van der Waals surface area contributed by atoms with Crippen LogP contribution in [0.5, 0.6) is 0 Å². The smallest absolute Gasteiger partial charge is 0.356 e. The Labute approximate surface area is 115 Å². The molecule has 2 atom stereocenters. The van der Waals surface area contributed by atoms with E-state index in [0.29, 0.717) is 5.13 Å². The molecule has 2 fully saturated rings. The third-order valence-electron chi connectivity index (χ3n) is 4.14. The second kappa shape index (κ2) is 4.59. The van der Waals surface area contributed by atoms with E-state index in [1.807, 2.05) is 0 Å². The van der Waals surface area contributed by atoms with Gasteiger partial charge >= 0.3 is 5.97 Å². The van der Waals surface area contributed by atoms with Gasteiger partial charge in [-0.25, -0.2) is 9.78 Å². The molecule has 2 unspecified atom stereocenters. The van der Waals surface area contributed by atoms with Crippen LogP contribution in [0.25, 0.3) is 0 Å². The third kappa shape index (κ3) is 2.14. The van der Waals surface area contributed by atoms with Crippen molar-refractivity contribution in [2.75, 3.05) is 18.0 Å². The second-order valence-corrected chi connectivity index (χ2v) is 6.37. The number of fused-ring (bicyclic) bond motifs is 1. The van der Waals surface area contributed by atoms with Crippen molar-refractivity contribution in [3.63, 3.8) is 0 Å². The first-order valence-corrected chi connectivity index (χ1v) is 7.38. The molecular weight excluding hydrogens is 264 g/mol. The van der Waals surface area contributed by atoms with Gasteiger partial charge in [-0.1, -0.05) is 17.8 Å². The largest absolute Gasteiger partial charge is 0.476 e. The summed E-state index contributed by atoms with van der Waals surface area (Å²) in [7, 11) is 0. The number of nitrogens with zero attached hydrogens (tertiary/aromatic N) is 2. The Morgan fingerprint density at radius 2 is 1.95 bits per heavy atom. The van der Waals surface area contributed by atoms with Gasteiger partial charge in [0.1, 0.15) is 4.88 Å². The fourth-order valence-corrected chi connectivity index (χ4v) is 4.19. The number of carboxylic acid groups (broad SMARTS) is 1. The molecule has 1 aliphatic carbocycles. The van der Waals surface area contributed by atoms with Gasteiger partial charge in [0.15, 0.2) is 16.6 Å². The van der Waals surface area contributed by atoms with E-state index in [2.05, 4.69) is 9.88 Å². The quantitative estimate of drug-likeness (QED) is 0.860. The average Bonchev–Trinajstić information content (AvgIpc) is 3.01. The van der Waals surface area contributed by atoms with Gasteiger partial charge < -0.3 is 10.0 Å². The normalized spacial score (nSPS) is 25.6. The minimum Gasteiger partial charge on any atom is -0.476 e. The Bertz CT molecular complexity index is 496. The Balaban J connectivity index is 1.88. The van der Waals surface area contributed by atoms with Crippen LogP contribution in [-0.4, -0.2) is 34.9 Å². The van der Waals surface area contributed by atoms with Crippen molar-refractivity contribution in [1.29, 1.82) is 0 Å². The minimum atomic E-state index is -1.12. The summed E-state index contributed by atoms with van der Waals surface area (Å²) in [5.41, 5.74) is -0.0930. The fraction of sp³-hybridized carbons (Fsp3) is 0.615. The van der Waals surface area contributed by atoms with E-state index in [9.17, 15) is 9.59 Å². The zero-order valence-electron chi connectivity index (χ0n) is 10.8. The van der Waals surface area contributed by atoms with Crippen LogP contribution >= 0.6 is 11.3 Å². The molecular formula is C13H16N2O3S. The standard InChI is InChI=1S/C13H16N2O3S/c1-7(16)11-10(12(17)18)14-13(19-11)15-5-8-3-2-4-9(8)6-15/h8-9H,2-6H2,1H3,(H,17,18). The molecule has 0 spiro atoms. The molecule has 1 aromatic rings. The summed E-state index contributed by atoms with van der Waals surface area (Å²) < 4.78 is 0. The molecule has 1 N–H and O–H groups in total. The van der Waals surface area contributed by atoms with Gasteiger partial charge in [0.05, 0.1) is 0 Å². The fourth-order valence-electron chi connectivity index (χ4n) is 3.22. The first-order valence-electron chi connectivity index (χ1n) is 6.56. The molecule has 5 nitrogen and oxygen atoms in total. The van der Waals surface area contributed by atoms with Crippen LogP contribution in [0.15, 0.2) is 0 Å². The van der Waals surface area contributed by atoms with E-state index in [4.69, 9.17) is 5.11 Å². The summed E-state index contributed by atoms with van der Waals surface area (Å²) in [6.07, 6.45) is 3.83. The zero-order chi connectivity index (χ0) is 13.6. The molecule has 0 amide bonds. The molecule has 19 heavy (non-hydrogen) atoms. The van der Waals surface area contributed by atoms with Crippen molar-refractivity contribution in [2.24, 2.45) is 11.8 Å². The molecule has 2 aliphatic rings. The van der Waals surface area contributed by atoms with E-state index in [1.54, 1.807) is 0 Å². The minimum absolute atomic E-state index is 0.0930. The average molecular weight is 280 g/mol. The number of carbonyl (C=O) groups is 2. The Kier molecular flexibility index (Phi) is 3.05. The number of rotatable bonds is 3. The van der Waals surface area contributed by atoms with Crippen molar-refractivity contribution in [3.05, 3.63) is 10.6 Å². The summed E-state index contributed by atoms with van der Waals surface area (Å²) in [5.74, 6) is 0.101. The van der Waals surface area contributed by atoms with E-state index < -0.39 is 5.97 Å². The lowest BCUT2D eigenvalue weighted by molar-refractivity contribution is 0.0687.